The Morgan fingerprint density at radius 3 is 2.26 bits per heavy atom. The van der Waals surface area contributed by atoms with Gasteiger partial charge in [0.15, 0.2) is 11.5 Å². The molecule has 126 valence electrons. The first-order valence-electron chi connectivity index (χ1n) is 6.31. The molecular weight excluding hydrogens is 337 g/mol. The fourth-order valence-electron chi connectivity index (χ4n) is 2.41. The van der Waals surface area contributed by atoms with E-state index in [4.69, 9.17) is 4.74 Å². The molecular formula is C13H7F7O3. The Labute approximate surface area is 124 Å². The monoisotopic (exact) mass is 344 g/mol. The number of carbonyl (C=O) groups excluding carboxylic acids is 1. The maximum atomic E-state index is 13.3. The molecule has 3 nitrogen and oxygen atoms in total. The van der Waals surface area contributed by atoms with E-state index in [1.165, 1.54) is 0 Å². The third-order valence-corrected chi connectivity index (χ3v) is 3.49. The minimum atomic E-state index is -5.06. The summed E-state index contributed by atoms with van der Waals surface area (Å²) in [5.41, 5.74) is -2.95. The van der Waals surface area contributed by atoms with Gasteiger partial charge >= 0.3 is 12.3 Å². The molecule has 0 atom stereocenters. The fourth-order valence-corrected chi connectivity index (χ4v) is 2.41. The van der Waals surface area contributed by atoms with Crippen molar-refractivity contribution in [3.05, 3.63) is 23.3 Å². The van der Waals surface area contributed by atoms with Gasteiger partial charge in [-0.15, -0.1) is 0 Å². The van der Waals surface area contributed by atoms with E-state index in [2.05, 4.69) is 4.74 Å². The second-order valence-electron chi connectivity index (χ2n) is 5.27. The number of alkyl halides is 7. The molecule has 1 fully saturated rings. The summed E-state index contributed by atoms with van der Waals surface area (Å²) < 4.78 is 99.6. The van der Waals surface area contributed by atoms with Crippen molar-refractivity contribution in [2.45, 2.75) is 37.2 Å². The molecule has 0 radical (unpaired) electrons. The number of rotatable bonds is 2. The van der Waals surface area contributed by atoms with Gasteiger partial charge in [-0.25, -0.2) is 8.78 Å². The van der Waals surface area contributed by atoms with E-state index < -0.39 is 65.6 Å². The first kappa shape index (κ1) is 15.9. The van der Waals surface area contributed by atoms with Crippen molar-refractivity contribution in [3.63, 3.8) is 0 Å². The maximum Gasteiger partial charge on any atom is 0.466 e. The molecule has 0 amide bonds. The van der Waals surface area contributed by atoms with E-state index >= 15 is 0 Å². The minimum absolute atomic E-state index is 0.383. The van der Waals surface area contributed by atoms with Crippen LogP contribution in [0, 0.1) is 0 Å². The van der Waals surface area contributed by atoms with Gasteiger partial charge in [0.2, 0.25) is 0 Å². The highest BCUT2D eigenvalue weighted by Gasteiger charge is 2.56. The zero-order valence-electron chi connectivity index (χ0n) is 11.0. The van der Waals surface area contributed by atoms with Gasteiger partial charge in [0.25, 0.3) is 11.7 Å². The molecule has 1 aromatic rings. The third kappa shape index (κ3) is 2.59. The van der Waals surface area contributed by atoms with Gasteiger partial charge in [-0.05, 0) is 12.1 Å². The number of Topliss-reactive ketones (excluding diaryl/α,β-unsaturated/α-hetero) is 1. The summed E-state index contributed by atoms with van der Waals surface area (Å²) >= 11 is 0. The maximum absolute atomic E-state index is 13.3. The minimum Gasteiger partial charge on any atom is -0.486 e. The van der Waals surface area contributed by atoms with Crippen LogP contribution in [0.25, 0.3) is 0 Å². The van der Waals surface area contributed by atoms with Crippen molar-refractivity contribution >= 4 is 5.78 Å². The standard InChI is InChI=1S/C13H7F7O3/c14-11(15)3-5(4-11)22-7-2-1-6(12(16,17)18)8-9(7)23-13(19,20)10(8)21/h1-2,5H,3-4H2. The van der Waals surface area contributed by atoms with Gasteiger partial charge in [-0.1, -0.05) is 0 Å². The number of carbonyl (C=O) groups is 1. The van der Waals surface area contributed by atoms with Crippen LogP contribution in [0.5, 0.6) is 11.5 Å². The molecule has 23 heavy (non-hydrogen) atoms. The Balaban J connectivity index is 2.00. The lowest BCUT2D eigenvalue weighted by atomic mass is 9.91. The van der Waals surface area contributed by atoms with Crippen LogP contribution in [-0.2, 0) is 6.18 Å². The Morgan fingerprint density at radius 1 is 1.13 bits per heavy atom. The van der Waals surface area contributed by atoms with Crippen LogP contribution in [0.15, 0.2) is 12.1 Å². The van der Waals surface area contributed by atoms with E-state index in [-0.39, 0.29) is 0 Å². The van der Waals surface area contributed by atoms with E-state index in [0.717, 1.165) is 0 Å². The highest BCUT2D eigenvalue weighted by molar-refractivity contribution is 6.07. The van der Waals surface area contributed by atoms with Crippen molar-refractivity contribution in [1.29, 1.82) is 0 Å². The molecule has 0 saturated heterocycles. The molecule has 10 heteroatoms. The normalized spacial score (nSPS) is 22.3. The van der Waals surface area contributed by atoms with Crippen molar-refractivity contribution in [2.75, 3.05) is 0 Å². The molecule has 0 bridgehead atoms. The van der Waals surface area contributed by atoms with Crippen molar-refractivity contribution < 1.29 is 45.0 Å². The summed E-state index contributed by atoms with van der Waals surface area (Å²) in [5, 5.41) is 0. The molecule has 1 aliphatic carbocycles. The van der Waals surface area contributed by atoms with Gasteiger partial charge in [-0.2, -0.15) is 22.0 Å². The summed E-state index contributed by atoms with van der Waals surface area (Å²) in [6.07, 6.45) is -12.0. The Morgan fingerprint density at radius 2 is 1.74 bits per heavy atom. The molecule has 0 aromatic heterocycles. The lowest BCUT2D eigenvalue weighted by Gasteiger charge is -2.35. The van der Waals surface area contributed by atoms with Crippen LogP contribution < -0.4 is 9.47 Å². The topological polar surface area (TPSA) is 35.5 Å². The SMILES string of the molecule is O=C1c2c(C(F)(F)F)ccc(OC3CC(F)(F)C3)c2OC1(F)F. The number of fused-ring (bicyclic) bond motifs is 1. The fraction of sp³-hybridized carbons (Fsp3) is 0.462. The molecule has 3 rings (SSSR count). The average Bonchev–Trinajstić information content (AvgIpc) is 2.58. The molecule has 1 saturated carbocycles. The predicted molar refractivity (Wildman–Crippen MR) is 59.9 cm³/mol. The average molecular weight is 344 g/mol. The lowest BCUT2D eigenvalue weighted by Crippen LogP contribution is -2.43. The Kier molecular flexibility index (Phi) is 3.12. The molecule has 0 unspecified atom stereocenters. The van der Waals surface area contributed by atoms with Gasteiger partial charge < -0.3 is 9.47 Å². The number of ketones is 1. The first-order valence-corrected chi connectivity index (χ1v) is 6.31. The lowest BCUT2D eigenvalue weighted by molar-refractivity contribution is -0.140. The third-order valence-electron chi connectivity index (χ3n) is 3.49. The number of hydrogen-bond donors (Lipinski definition) is 0. The molecule has 2 aliphatic rings. The Bertz CT molecular complexity index is 673. The van der Waals surface area contributed by atoms with Crippen LogP contribution >= 0.6 is 0 Å². The predicted octanol–water partition coefficient (Wildman–Crippen LogP) is 4.05. The van der Waals surface area contributed by atoms with Crippen molar-refractivity contribution in [1.82, 2.24) is 0 Å². The zero-order valence-corrected chi connectivity index (χ0v) is 11.0. The quantitative estimate of drug-likeness (QED) is 0.760. The van der Waals surface area contributed by atoms with E-state index in [9.17, 15) is 35.5 Å². The van der Waals surface area contributed by atoms with Crippen LogP contribution in [0.3, 0.4) is 0 Å². The largest absolute Gasteiger partial charge is 0.486 e. The zero-order chi connectivity index (χ0) is 17.2. The summed E-state index contributed by atoms with van der Waals surface area (Å²) in [6, 6.07) is 1.06. The summed E-state index contributed by atoms with van der Waals surface area (Å²) in [6.45, 7) is 0. The number of halogens is 7. The summed E-state index contributed by atoms with van der Waals surface area (Å²) in [5.74, 6) is -6.80. The van der Waals surface area contributed by atoms with Gasteiger partial charge in [0, 0.05) is 12.8 Å². The summed E-state index contributed by atoms with van der Waals surface area (Å²) in [7, 11) is 0. The highest BCUT2D eigenvalue weighted by atomic mass is 19.4. The van der Waals surface area contributed by atoms with Crippen molar-refractivity contribution in [3.8, 4) is 11.5 Å². The van der Waals surface area contributed by atoms with Crippen LogP contribution in [0.2, 0.25) is 0 Å². The van der Waals surface area contributed by atoms with Crippen LogP contribution in [0.1, 0.15) is 28.8 Å². The number of benzene rings is 1. The second-order valence-corrected chi connectivity index (χ2v) is 5.27. The molecule has 1 aromatic carbocycles. The van der Waals surface area contributed by atoms with Crippen molar-refractivity contribution in [2.24, 2.45) is 0 Å². The molecule has 1 heterocycles. The Hall–Kier alpha value is -2.00. The molecule has 1 aliphatic heterocycles. The van der Waals surface area contributed by atoms with E-state index in [0.29, 0.717) is 12.1 Å². The van der Waals surface area contributed by atoms with Gasteiger partial charge in [-0.3, -0.25) is 4.79 Å². The molecule has 0 spiro atoms. The van der Waals surface area contributed by atoms with Gasteiger partial charge in [0.05, 0.1) is 11.1 Å². The number of hydrogen-bond acceptors (Lipinski definition) is 3. The second kappa shape index (κ2) is 4.51. The van der Waals surface area contributed by atoms with Gasteiger partial charge in [0.1, 0.15) is 6.10 Å². The summed E-state index contributed by atoms with van der Waals surface area (Å²) in [4.78, 5) is 11.5. The van der Waals surface area contributed by atoms with Crippen LogP contribution in [0.4, 0.5) is 30.7 Å². The van der Waals surface area contributed by atoms with E-state index in [1.54, 1.807) is 0 Å². The highest BCUT2D eigenvalue weighted by Crippen LogP contribution is 2.50. The first-order chi connectivity index (χ1) is 10.4. The molecule has 0 N–H and O–H groups in total. The van der Waals surface area contributed by atoms with Crippen LogP contribution in [-0.4, -0.2) is 23.9 Å². The number of ether oxygens (including phenoxy) is 2. The van der Waals surface area contributed by atoms with E-state index in [1.807, 2.05) is 0 Å². The smallest absolute Gasteiger partial charge is 0.466 e.